The molecule has 8 heteroatoms. The molecule has 2 fully saturated rings. The molecule has 1 aromatic rings. The van der Waals surface area contributed by atoms with Gasteiger partial charge >= 0.3 is 0 Å². The number of hydrogen-bond donors (Lipinski definition) is 1. The molecule has 2 heterocycles. The second-order valence-electron chi connectivity index (χ2n) is 7.10. The monoisotopic (exact) mass is 407 g/mol. The predicted octanol–water partition coefficient (Wildman–Crippen LogP) is 1.73. The molecule has 0 saturated carbocycles. The first kappa shape index (κ1) is 20.9. The molecule has 2 saturated heterocycles. The number of carbonyl (C=O) groups is 1. The van der Waals surface area contributed by atoms with Crippen molar-refractivity contribution in [1.29, 1.82) is 0 Å². The number of halogens is 1. The van der Waals surface area contributed by atoms with E-state index in [1.807, 2.05) is 11.0 Å². The molecule has 0 aliphatic carbocycles. The van der Waals surface area contributed by atoms with Gasteiger partial charge in [-0.1, -0.05) is 12.1 Å². The minimum Gasteiger partial charge on any atom is -0.355 e. The summed E-state index contributed by atoms with van der Waals surface area (Å²) < 4.78 is 13.7. The maximum atomic E-state index is 13.7. The molecule has 3 rings (SSSR count). The van der Waals surface area contributed by atoms with Gasteiger partial charge in [0.1, 0.15) is 5.82 Å². The maximum absolute atomic E-state index is 13.7. The van der Waals surface area contributed by atoms with Crippen molar-refractivity contribution >= 4 is 23.6 Å². The zero-order valence-electron chi connectivity index (χ0n) is 16.6. The van der Waals surface area contributed by atoms with Crippen molar-refractivity contribution < 1.29 is 9.18 Å². The highest BCUT2D eigenvalue weighted by atomic mass is 32.2. The van der Waals surface area contributed by atoms with Gasteiger partial charge in [0.15, 0.2) is 5.96 Å². The Bertz CT molecular complexity index is 672. The number of piperazine rings is 1. The van der Waals surface area contributed by atoms with Gasteiger partial charge in [-0.05, 0) is 25.0 Å². The highest BCUT2D eigenvalue weighted by Crippen LogP contribution is 2.20. The van der Waals surface area contributed by atoms with Gasteiger partial charge in [-0.25, -0.2) is 4.39 Å². The Balaban J connectivity index is 1.36. The molecular formula is C20H30FN5OS. The first-order chi connectivity index (χ1) is 13.7. The van der Waals surface area contributed by atoms with Crippen molar-refractivity contribution in [2.75, 3.05) is 65.2 Å². The molecule has 2 aliphatic rings. The lowest BCUT2D eigenvalue weighted by atomic mass is 10.3. The number of aliphatic imine (C=N–C) groups is 1. The van der Waals surface area contributed by atoms with Gasteiger partial charge in [0.25, 0.3) is 0 Å². The zero-order valence-corrected chi connectivity index (χ0v) is 17.4. The van der Waals surface area contributed by atoms with Gasteiger partial charge in [-0.2, -0.15) is 0 Å². The number of nitrogens with zero attached hydrogens (tertiary/aromatic N) is 4. The lowest BCUT2D eigenvalue weighted by Gasteiger charge is -2.36. The van der Waals surface area contributed by atoms with Gasteiger partial charge in [0, 0.05) is 63.5 Å². The molecule has 1 amide bonds. The molecule has 6 nitrogen and oxygen atoms in total. The van der Waals surface area contributed by atoms with E-state index in [9.17, 15) is 9.18 Å². The minimum atomic E-state index is -0.170. The molecular weight excluding hydrogens is 377 g/mol. The first-order valence-electron chi connectivity index (χ1n) is 10.0. The van der Waals surface area contributed by atoms with Crippen molar-refractivity contribution in [3.8, 4) is 0 Å². The summed E-state index contributed by atoms with van der Waals surface area (Å²) in [4.78, 5) is 23.8. The van der Waals surface area contributed by atoms with Crippen LogP contribution in [0.4, 0.5) is 4.39 Å². The van der Waals surface area contributed by atoms with Crippen LogP contribution < -0.4 is 5.32 Å². The summed E-state index contributed by atoms with van der Waals surface area (Å²) in [6.45, 7) is 6.52. The number of amides is 1. The van der Waals surface area contributed by atoms with Crippen LogP contribution >= 0.6 is 11.8 Å². The second kappa shape index (κ2) is 10.7. The van der Waals surface area contributed by atoms with Gasteiger partial charge < -0.3 is 15.1 Å². The molecule has 2 aliphatic heterocycles. The van der Waals surface area contributed by atoms with Crippen molar-refractivity contribution in [3.63, 3.8) is 0 Å². The van der Waals surface area contributed by atoms with Crippen LogP contribution in [0, 0.1) is 5.82 Å². The van der Waals surface area contributed by atoms with E-state index in [1.165, 1.54) is 17.8 Å². The van der Waals surface area contributed by atoms with Crippen molar-refractivity contribution in [3.05, 3.63) is 30.1 Å². The average Bonchev–Trinajstić information content (AvgIpc) is 3.25. The highest BCUT2D eigenvalue weighted by molar-refractivity contribution is 7.99. The van der Waals surface area contributed by atoms with Crippen LogP contribution in [0.2, 0.25) is 0 Å². The van der Waals surface area contributed by atoms with Gasteiger partial charge in [-0.15, -0.1) is 11.8 Å². The van der Waals surface area contributed by atoms with Crippen molar-refractivity contribution in [1.82, 2.24) is 20.0 Å². The third-order valence-corrected chi connectivity index (χ3v) is 6.23. The summed E-state index contributed by atoms with van der Waals surface area (Å²) in [5.74, 6) is 1.74. The molecule has 0 atom stereocenters. The van der Waals surface area contributed by atoms with E-state index in [0.717, 1.165) is 70.4 Å². The minimum absolute atomic E-state index is 0.170. The van der Waals surface area contributed by atoms with Crippen LogP contribution in [0.3, 0.4) is 0 Å². The third-order valence-electron chi connectivity index (χ3n) is 5.18. The Kier molecular flexibility index (Phi) is 7.97. The summed E-state index contributed by atoms with van der Waals surface area (Å²) in [5.41, 5.74) is 0. The molecule has 1 N–H and O–H groups in total. The standard InChI is InChI=1S/C20H30FN5OS/c1-22-20(23-8-15-28-18-7-3-2-6-17(18)21)26-13-11-24(12-14-26)16-19(27)25-9-4-5-10-25/h2-3,6-7H,4-5,8-16H2,1H3,(H,22,23). The lowest BCUT2D eigenvalue weighted by Crippen LogP contribution is -2.54. The van der Waals surface area contributed by atoms with Crippen LogP contribution in [0.15, 0.2) is 34.2 Å². The number of hydrogen-bond acceptors (Lipinski definition) is 4. The summed E-state index contributed by atoms with van der Waals surface area (Å²) in [6, 6.07) is 6.85. The third kappa shape index (κ3) is 5.85. The number of guanidine groups is 1. The van der Waals surface area contributed by atoms with E-state index in [2.05, 4.69) is 20.1 Å². The van der Waals surface area contributed by atoms with Gasteiger partial charge in [0.05, 0.1) is 6.54 Å². The smallest absolute Gasteiger partial charge is 0.236 e. The second-order valence-corrected chi connectivity index (χ2v) is 8.24. The summed E-state index contributed by atoms with van der Waals surface area (Å²) in [5, 5.41) is 3.37. The fraction of sp³-hybridized carbons (Fsp3) is 0.600. The molecule has 28 heavy (non-hydrogen) atoms. The highest BCUT2D eigenvalue weighted by Gasteiger charge is 2.24. The zero-order chi connectivity index (χ0) is 19.8. The fourth-order valence-electron chi connectivity index (χ4n) is 3.59. The van der Waals surface area contributed by atoms with E-state index < -0.39 is 0 Å². The predicted molar refractivity (Wildman–Crippen MR) is 112 cm³/mol. The molecule has 0 unspecified atom stereocenters. The molecule has 1 aromatic carbocycles. The number of thioether (sulfide) groups is 1. The Morgan fingerprint density at radius 1 is 1.11 bits per heavy atom. The molecule has 0 aromatic heterocycles. The van der Waals surface area contributed by atoms with E-state index in [4.69, 9.17) is 0 Å². The average molecular weight is 408 g/mol. The van der Waals surface area contributed by atoms with Crippen molar-refractivity contribution in [2.24, 2.45) is 4.99 Å². The Labute approximate surface area is 171 Å². The molecule has 0 bridgehead atoms. The first-order valence-corrected chi connectivity index (χ1v) is 11.0. The van der Waals surface area contributed by atoms with Crippen LogP contribution in [0.1, 0.15) is 12.8 Å². The largest absolute Gasteiger partial charge is 0.355 e. The normalized spacial score (nSPS) is 18.6. The molecule has 0 spiro atoms. The summed E-state index contributed by atoms with van der Waals surface area (Å²) in [7, 11) is 1.79. The van der Waals surface area contributed by atoms with Crippen LogP contribution in [0.5, 0.6) is 0 Å². The quantitative estimate of drug-likeness (QED) is 0.337. The number of carbonyl (C=O) groups excluding carboxylic acids is 1. The molecule has 154 valence electrons. The Morgan fingerprint density at radius 2 is 1.82 bits per heavy atom. The maximum Gasteiger partial charge on any atom is 0.236 e. The topological polar surface area (TPSA) is 51.2 Å². The van der Waals surface area contributed by atoms with E-state index in [1.54, 1.807) is 19.2 Å². The number of likely N-dealkylation sites (tertiary alicyclic amines) is 1. The van der Waals surface area contributed by atoms with Gasteiger partial charge in [0.2, 0.25) is 5.91 Å². The lowest BCUT2D eigenvalue weighted by molar-refractivity contribution is -0.131. The van der Waals surface area contributed by atoms with Crippen LogP contribution in [0.25, 0.3) is 0 Å². The van der Waals surface area contributed by atoms with E-state index >= 15 is 0 Å². The Morgan fingerprint density at radius 3 is 2.50 bits per heavy atom. The number of benzene rings is 1. The van der Waals surface area contributed by atoms with Crippen molar-refractivity contribution in [2.45, 2.75) is 17.7 Å². The fourth-order valence-corrected chi connectivity index (χ4v) is 4.40. The van der Waals surface area contributed by atoms with Crippen LogP contribution in [-0.2, 0) is 4.79 Å². The van der Waals surface area contributed by atoms with E-state index in [-0.39, 0.29) is 11.7 Å². The van der Waals surface area contributed by atoms with Crippen LogP contribution in [-0.4, -0.2) is 91.7 Å². The van der Waals surface area contributed by atoms with Gasteiger partial charge in [-0.3, -0.25) is 14.7 Å². The SMILES string of the molecule is CN=C(NCCSc1ccccc1F)N1CCN(CC(=O)N2CCCC2)CC1. The van der Waals surface area contributed by atoms with E-state index in [0.29, 0.717) is 11.4 Å². The summed E-state index contributed by atoms with van der Waals surface area (Å²) in [6.07, 6.45) is 2.27. The number of nitrogens with one attached hydrogen (secondary N) is 1. The molecule has 0 radical (unpaired) electrons. The number of rotatable bonds is 6. The summed E-state index contributed by atoms with van der Waals surface area (Å²) >= 11 is 1.50. The Hall–Kier alpha value is -1.80.